The predicted molar refractivity (Wildman–Crippen MR) is 56.6 cm³/mol. The Labute approximate surface area is 90.0 Å². The second-order valence-corrected chi connectivity index (χ2v) is 6.24. The molecule has 0 aromatic rings. The van der Waals surface area contributed by atoms with Crippen LogP contribution in [0.25, 0.3) is 0 Å². The molecule has 1 unspecified atom stereocenters. The summed E-state index contributed by atoms with van der Waals surface area (Å²) >= 11 is 0. The summed E-state index contributed by atoms with van der Waals surface area (Å²) in [7, 11) is -2.99. The zero-order chi connectivity index (χ0) is 11.5. The molecule has 15 heavy (non-hydrogen) atoms. The third-order valence-corrected chi connectivity index (χ3v) is 4.46. The first-order valence-electron chi connectivity index (χ1n) is 5.13. The van der Waals surface area contributed by atoms with Crippen LogP contribution in [-0.4, -0.2) is 55.0 Å². The Morgan fingerprint density at radius 2 is 2.20 bits per heavy atom. The Balaban J connectivity index is 2.48. The van der Waals surface area contributed by atoms with Gasteiger partial charge in [0.25, 0.3) is 0 Å². The van der Waals surface area contributed by atoms with Gasteiger partial charge >= 0.3 is 5.97 Å². The molecule has 0 amide bonds. The molecular weight excluding hydrogens is 218 g/mol. The molecular formula is C9H17NO4S. The Bertz CT molecular complexity index is 325. The molecule has 0 aliphatic carbocycles. The van der Waals surface area contributed by atoms with Crippen molar-refractivity contribution in [2.24, 2.45) is 0 Å². The molecule has 1 aliphatic heterocycles. The topological polar surface area (TPSA) is 74.7 Å². The van der Waals surface area contributed by atoms with E-state index in [1.807, 2.05) is 0 Å². The van der Waals surface area contributed by atoms with E-state index in [2.05, 4.69) is 0 Å². The second-order valence-electron chi connectivity index (χ2n) is 3.77. The molecule has 1 aliphatic rings. The first-order chi connectivity index (χ1) is 6.96. The third-order valence-electron chi connectivity index (χ3n) is 2.78. The zero-order valence-electron chi connectivity index (χ0n) is 8.85. The summed E-state index contributed by atoms with van der Waals surface area (Å²) in [6.07, 6.45) is 1.46. The number of sulfone groups is 1. The quantitative estimate of drug-likeness (QED) is 0.724. The van der Waals surface area contributed by atoms with Crippen LogP contribution < -0.4 is 0 Å². The van der Waals surface area contributed by atoms with Crippen LogP contribution >= 0.6 is 0 Å². The van der Waals surface area contributed by atoms with Crippen LogP contribution in [0.4, 0.5) is 0 Å². The number of nitrogens with zero attached hydrogens (tertiary/aromatic N) is 1. The average Bonchev–Trinajstić information content (AvgIpc) is 2.63. The van der Waals surface area contributed by atoms with E-state index in [0.29, 0.717) is 19.5 Å². The van der Waals surface area contributed by atoms with E-state index >= 15 is 0 Å². The van der Waals surface area contributed by atoms with Crippen LogP contribution in [0.2, 0.25) is 0 Å². The first kappa shape index (κ1) is 12.4. The van der Waals surface area contributed by atoms with E-state index in [1.165, 1.54) is 0 Å². The molecule has 5 nitrogen and oxygen atoms in total. The van der Waals surface area contributed by atoms with Gasteiger partial charge in [-0.25, -0.2) is 8.42 Å². The number of carboxylic acid groups (broad SMARTS) is 1. The molecule has 6 heteroatoms. The molecule has 0 radical (unpaired) electrons. The Morgan fingerprint density at radius 1 is 1.53 bits per heavy atom. The van der Waals surface area contributed by atoms with E-state index in [-0.39, 0.29) is 11.5 Å². The molecule has 0 saturated carbocycles. The smallest absolute Gasteiger partial charge is 0.320 e. The van der Waals surface area contributed by atoms with Crippen molar-refractivity contribution in [1.29, 1.82) is 0 Å². The van der Waals surface area contributed by atoms with Crippen LogP contribution in [0.3, 0.4) is 0 Å². The van der Waals surface area contributed by atoms with Crippen molar-refractivity contribution in [3.63, 3.8) is 0 Å². The molecule has 0 spiro atoms. The molecule has 0 aromatic carbocycles. The maximum Gasteiger partial charge on any atom is 0.320 e. The maximum atomic E-state index is 11.3. The SMILES string of the molecule is CCS(=O)(=O)CCN1CCCC1C(=O)O. The molecule has 1 saturated heterocycles. The highest BCUT2D eigenvalue weighted by molar-refractivity contribution is 7.91. The number of likely N-dealkylation sites (tertiary alicyclic amines) is 1. The van der Waals surface area contributed by atoms with Crippen LogP contribution in [0, 0.1) is 0 Å². The summed E-state index contributed by atoms with van der Waals surface area (Å²) in [5.74, 6) is -0.660. The van der Waals surface area contributed by atoms with Gasteiger partial charge in [0.1, 0.15) is 6.04 Å². The summed E-state index contributed by atoms with van der Waals surface area (Å²) in [6.45, 7) is 2.64. The van der Waals surface area contributed by atoms with Crippen molar-refractivity contribution in [1.82, 2.24) is 4.90 Å². The second kappa shape index (κ2) is 4.94. The fourth-order valence-corrected chi connectivity index (χ4v) is 2.58. The van der Waals surface area contributed by atoms with Gasteiger partial charge in [-0.15, -0.1) is 0 Å². The highest BCUT2D eigenvalue weighted by atomic mass is 32.2. The molecule has 88 valence electrons. The van der Waals surface area contributed by atoms with Crippen molar-refractivity contribution in [2.75, 3.05) is 24.6 Å². The van der Waals surface area contributed by atoms with Gasteiger partial charge in [0.2, 0.25) is 0 Å². The van der Waals surface area contributed by atoms with Gasteiger partial charge in [-0.05, 0) is 19.4 Å². The molecule has 1 fully saturated rings. The van der Waals surface area contributed by atoms with E-state index in [0.717, 1.165) is 6.42 Å². The van der Waals surface area contributed by atoms with E-state index < -0.39 is 21.8 Å². The third kappa shape index (κ3) is 3.46. The van der Waals surface area contributed by atoms with Gasteiger partial charge in [0.15, 0.2) is 9.84 Å². The standard InChI is InChI=1S/C9H17NO4S/c1-2-15(13,14)7-6-10-5-3-4-8(10)9(11)12/h8H,2-7H2,1H3,(H,11,12). The van der Waals surface area contributed by atoms with Gasteiger partial charge in [-0.2, -0.15) is 0 Å². The van der Waals surface area contributed by atoms with Crippen molar-refractivity contribution in [3.05, 3.63) is 0 Å². The lowest BCUT2D eigenvalue weighted by Gasteiger charge is -2.20. The maximum absolute atomic E-state index is 11.3. The largest absolute Gasteiger partial charge is 0.480 e. The minimum atomic E-state index is -2.99. The minimum Gasteiger partial charge on any atom is -0.480 e. The molecule has 1 N–H and O–H groups in total. The van der Waals surface area contributed by atoms with E-state index in [9.17, 15) is 13.2 Å². The number of carboxylic acids is 1. The number of carbonyl (C=O) groups is 1. The van der Waals surface area contributed by atoms with Crippen molar-refractivity contribution >= 4 is 15.8 Å². The van der Waals surface area contributed by atoms with E-state index in [4.69, 9.17) is 5.11 Å². The highest BCUT2D eigenvalue weighted by Gasteiger charge is 2.30. The van der Waals surface area contributed by atoms with Crippen LogP contribution in [0.5, 0.6) is 0 Å². The summed E-state index contributed by atoms with van der Waals surface area (Å²) in [5, 5.41) is 8.88. The van der Waals surface area contributed by atoms with Gasteiger partial charge < -0.3 is 5.11 Å². The fourth-order valence-electron chi connectivity index (χ4n) is 1.77. The van der Waals surface area contributed by atoms with Crippen molar-refractivity contribution in [3.8, 4) is 0 Å². The fraction of sp³-hybridized carbons (Fsp3) is 0.889. The van der Waals surface area contributed by atoms with Gasteiger partial charge in [-0.3, -0.25) is 9.69 Å². The van der Waals surface area contributed by atoms with Crippen LogP contribution in [-0.2, 0) is 14.6 Å². The monoisotopic (exact) mass is 235 g/mol. The summed E-state index contributed by atoms with van der Waals surface area (Å²) < 4.78 is 22.5. The lowest BCUT2D eigenvalue weighted by atomic mass is 10.2. The Morgan fingerprint density at radius 3 is 2.73 bits per heavy atom. The van der Waals surface area contributed by atoms with Gasteiger partial charge in [0, 0.05) is 12.3 Å². The van der Waals surface area contributed by atoms with Crippen LogP contribution in [0.15, 0.2) is 0 Å². The molecule has 1 heterocycles. The lowest BCUT2D eigenvalue weighted by molar-refractivity contribution is -0.142. The van der Waals surface area contributed by atoms with Crippen LogP contribution in [0.1, 0.15) is 19.8 Å². The highest BCUT2D eigenvalue weighted by Crippen LogP contribution is 2.16. The summed E-state index contributed by atoms with van der Waals surface area (Å²) in [6, 6.07) is -0.489. The molecule has 1 rings (SSSR count). The molecule has 0 bridgehead atoms. The zero-order valence-corrected chi connectivity index (χ0v) is 9.66. The molecule has 1 atom stereocenters. The van der Waals surface area contributed by atoms with Crippen molar-refractivity contribution in [2.45, 2.75) is 25.8 Å². The normalized spacial score (nSPS) is 23.1. The van der Waals surface area contributed by atoms with E-state index in [1.54, 1.807) is 11.8 Å². The number of hydrogen-bond donors (Lipinski definition) is 1. The minimum absolute atomic E-state index is 0.0628. The number of rotatable bonds is 5. The Kier molecular flexibility index (Phi) is 4.10. The van der Waals surface area contributed by atoms with Crippen molar-refractivity contribution < 1.29 is 18.3 Å². The first-order valence-corrected chi connectivity index (χ1v) is 6.95. The average molecular weight is 235 g/mol. The summed E-state index contributed by atoms with van der Waals surface area (Å²) in [5.41, 5.74) is 0. The Hall–Kier alpha value is -0.620. The van der Waals surface area contributed by atoms with Gasteiger partial charge in [-0.1, -0.05) is 6.92 Å². The number of aliphatic carboxylic acids is 1. The number of hydrogen-bond acceptors (Lipinski definition) is 4. The lowest BCUT2D eigenvalue weighted by Crippen LogP contribution is -2.38. The predicted octanol–water partition coefficient (Wildman–Crippen LogP) is -0.0299. The molecule has 0 aromatic heterocycles. The summed E-state index contributed by atoms with van der Waals surface area (Å²) in [4.78, 5) is 12.6. The van der Waals surface area contributed by atoms with Gasteiger partial charge in [0.05, 0.1) is 5.75 Å².